The number of fused-ring (bicyclic) bond motifs is 8. The molecule has 14 nitrogen and oxygen atoms in total. The summed E-state index contributed by atoms with van der Waals surface area (Å²) >= 11 is 0. The van der Waals surface area contributed by atoms with E-state index in [0.717, 1.165) is 44.5 Å². The molecule has 4 fully saturated rings. The van der Waals surface area contributed by atoms with Crippen molar-refractivity contribution in [1.29, 1.82) is 0 Å². The summed E-state index contributed by atoms with van der Waals surface area (Å²) < 4.78 is 20.3. The third-order valence-corrected chi connectivity index (χ3v) is 18.1. The maximum Gasteiger partial charge on any atom is 0.307 e. The van der Waals surface area contributed by atoms with Gasteiger partial charge in [0.2, 0.25) is 20.4 Å². The molecule has 0 unspecified atom stereocenters. The van der Waals surface area contributed by atoms with Gasteiger partial charge in [-0.05, 0) is 122 Å². The van der Waals surface area contributed by atoms with Crippen molar-refractivity contribution >= 4 is 52.9 Å². The van der Waals surface area contributed by atoms with E-state index in [1.165, 1.54) is 4.90 Å². The number of aryl methyl sites for hydroxylation is 1. The highest BCUT2D eigenvalue weighted by Gasteiger charge is 2.59. The van der Waals surface area contributed by atoms with Gasteiger partial charge < -0.3 is 33.8 Å². The zero-order valence-corrected chi connectivity index (χ0v) is 41.1. The first-order chi connectivity index (χ1) is 30.5. The molecule has 3 N–H and O–H groups in total. The number of hydrazine groups is 1. The van der Waals surface area contributed by atoms with Crippen LogP contribution in [-0.4, -0.2) is 112 Å². The van der Waals surface area contributed by atoms with Crippen LogP contribution in [0.1, 0.15) is 90.2 Å². The Labute approximate surface area is 380 Å². The minimum Gasteiger partial charge on any atom is -0.508 e. The fourth-order valence-electron chi connectivity index (χ4n) is 10.5. The number of amides is 3. The number of carbonyl (C=O) groups excluding carboxylic acids is 4. The largest absolute Gasteiger partial charge is 0.508 e. The number of methoxy groups -OCH3 is 1. The number of pyridine rings is 1. The minimum absolute atomic E-state index is 0.0468. The van der Waals surface area contributed by atoms with E-state index in [0.29, 0.717) is 63.3 Å². The molecular weight excluding hydrogens is 845 g/mol. The van der Waals surface area contributed by atoms with Crippen LogP contribution in [0.25, 0.3) is 33.3 Å². The van der Waals surface area contributed by atoms with Crippen molar-refractivity contribution < 1.29 is 38.5 Å². The molecule has 9 rings (SSSR count). The predicted octanol–water partition coefficient (Wildman–Crippen LogP) is 5.69. The molecule has 6 heterocycles. The number of phenols is 1. The molecule has 1 aliphatic carbocycles. The van der Waals surface area contributed by atoms with Gasteiger partial charge in [0, 0.05) is 55.3 Å². The Kier molecular flexibility index (Phi) is 13.0. The maximum absolute atomic E-state index is 14.8. The number of rotatable bonds is 9. The van der Waals surface area contributed by atoms with Crippen LogP contribution in [0.15, 0.2) is 54.7 Å². The Hall–Kier alpha value is -4.88. The number of nitrogens with one attached hydrogen (secondary N) is 2. The third kappa shape index (κ3) is 8.78. The number of carbonyl (C=O) groups is 4. The van der Waals surface area contributed by atoms with E-state index in [9.17, 15) is 24.3 Å². The highest BCUT2D eigenvalue weighted by atomic mass is 28.3. The lowest BCUT2D eigenvalue weighted by Crippen LogP contribution is -2.63. The summed E-state index contributed by atoms with van der Waals surface area (Å²) in [5.41, 5.74) is 5.40. The molecule has 342 valence electrons. The number of phenolic OH excluding ortho intramolecular Hbond substituents is 1. The van der Waals surface area contributed by atoms with Crippen LogP contribution >= 0.6 is 0 Å². The van der Waals surface area contributed by atoms with Crippen LogP contribution < -0.4 is 10.1 Å². The number of ether oxygens (including phenoxy) is 3. The normalized spacial score (nSPS) is 24.7. The SMILES string of the molecule is CCn1c(-c2cccnc2[C@H](C)OC)c2c3cc(ccc31)-c1cc(O)cc(c1)C[Si@H](NC(=O)[C@H](C(C)C)N(C)C(=O)C13CC(CO1)C3)C(=O)N1CCC[C@H]([SiH2]N1)C(=O)OCC(C)(C)C2. The van der Waals surface area contributed by atoms with Crippen molar-refractivity contribution in [3.8, 4) is 28.1 Å². The molecule has 8 bridgehead atoms. The van der Waals surface area contributed by atoms with Crippen molar-refractivity contribution in [2.24, 2.45) is 17.3 Å². The molecule has 0 radical (unpaired) electrons. The molecule has 1 saturated carbocycles. The molecule has 5 aliphatic rings. The maximum atomic E-state index is 14.8. The summed E-state index contributed by atoms with van der Waals surface area (Å²) in [5.74, 6) is -0.675. The summed E-state index contributed by atoms with van der Waals surface area (Å²) in [6.07, 6.45) is 4.61. The second kappa shape index (κ2) is 18.2. The van der Waals surface area contributed by atoms with Crippen LogP contribution in [0, 0.1) is 17.3 Å². The standard InChI is InChI=1S/C48H64N6O8Si2/c1-9-53-38-15-14-32-21-36(38)37(42(53)35-12-10-16-49-40(35)29(4)60-8)24-47(5,6)27-61-44(57)39-13-11-17-54(51-63-39)46(59)64(26-30-18-33(32)20-34(55)19-30)50-43(56)41(28(2)3)52(7)45(58)48-22-31(23-48)25-62-48/h10,12,14-16,18-21,28-29,31,39,41,51,55,64H,9,11,13,17,22-27,63H2,1-8H3,(H,50,56)/t29-,31?,39-,41-,48?,64-/m0/s1. The number of aromatic hydroxyl groups is 1. The first-order valence-corrected chi connectivity index (χ1v) is 26.4. The van der Waals surface area contributed by atoms with Crippen LogP contribution in [0.5, 0.6) is 5.75 Å². The van der Waals surface area contributed by atoms with E-state index >= 15 is 0 Å². The number of benzene rings is 2. The average Bonchev–Trinajstić information content (AvgIpc) is 3.90. The van der Waals surface area contributed by atoms with Crippen molar-refractivity contribution in [1.82, 2.24) is 29.5 Å². The summed E-state index contributed by atoms with van der Waals surface area (Å²) in [6, 6.07) is 15.2. The number of hydrogen-bond donors (Lipinski definition) is 3. The smallest absolute Gasteiger partial charge is 0.307 e. The summed E-state index contributed by atoms with van der Waals surface area (Å²) in [5, 5.41) is 17.4. The number of hydrogen-bond acceptors (Lipinski definition) is 10. The van der Waals surface area contributed by atoms with Gasteiger partial charge in [0.25, 0.3) is 5.91 Å². The number of likely N-dealkylation sites (N-methyl/N-ethyl adjacent to an activating group) is 1. The summed E-state index contributed by atoms with van der Waals surface area (Å²) in [7, 11) is -1.03. The van der Waals surface area contributed by atoms with Gasteiger partial charge in [-0.25, -0.2) is 0 Å². The number of aromatic nitrogens is 2. The Bertz CT molecular complexity index is 2440. The van der Waals surface area contributed by atoms with E-state index in [2.05, 4.69) is 59.7 Å². The predicted molar refractivity (Wildman–Crippen MR) is 250 cm³/mol. The van der Waals surface area contributed by atoms with Crippen LogP contribution in [0.2, 0.25) is 5.54 Å². The van der Waals surface area contributed by atoms with Gasteiger partial charge in [0.15, 0.2) is 0 Å². The number of cyclic esters (lactones) is 1. The van der Waals surface area contributed by atoms with Crippen LogP contribution in [0.3, 0.4) is 0 Å². The van der Waals surface area contributed by atoms with E-state index in [1.807, 2.05) is 32.9 Å². The Morgan fingerprint density at radius 2 is 1.91 bits per heavy atom. The van der Waals surface area contributed by atoms with Crippen molar-refractivity contribution in [2.75, 3.05) is 33.9 Å². The van der Waals surface area contributed by atoms with E-state index in [1.54, 1.807) is 37.5 Å². The first kappa shape index (κ1) is 45.7. The topological polar surface area (TPSA) is 165 Å². The highest BCUT2D eigenvalue weighted by molar-refractivity contribution is 6.88. The zero-order chi connectivity index (χ0) is 45.7. The molecule has 4 aromatic rings. The average molecular weight is 909 g/mol. The second-order valence-electron chi connectivity index (χ2n) is 19.6. The third-order valence-electron chi connectivity index (χ3n) is 13.9. The van der Waals surface area contributed by atoms with Gasteiger partial charge in [-0.15, -0.1) is 0 Å². The van der Waals surface area contributed by atoms with Crippen molar-refractivity contribution in [3.05, 3.63) is 71.5 Å². The quantitative estimate of drug-likeness (QED) is 0.141. The highest BCUT2D eigenvalue weighted by Crippen LogP contribution is 2.49. The molecule has 4 aliphatic heterocycles. The molecule has 4 atom stereocenters. The van der Waals surface area contributed by atoms with Gasteiger partial charge in [-0.1, -0.05) is 39.8 Å². The Morgan fingerprint density at radius 1 is 1.12 bits per heavy atom. The fraction of sp³-hybridized carbons (Fsp3) is 0.521. The lowest BCUT2D eigenvalue weighted by molar-refractivity contribution is -0.159. The molecule has 3 saturated heterocycles. The van der Waals surface area contributed by atoms with E-state index < -0.39 is 35.7 Å². The molecule has 3 amide bonds. The van der Waals surface area contributed by atoms with Gasteiger partial charge in [-0.3, -0.25) is 34.3 Å². The Balaban J connectivity index is 1.22. The van der Waals surface area contributed by atoms with Gasteiger partial charge >= 0.3 is 5.97 Å². The van der Waals surface area contributed by atoms with E-state index in [4.69, 9.17) is 19.2 Å². The van der Waals surface area contributed by atoms with Gasteiger partial charge in [0.1, 0.15) is 27.1 Å². The number of nitrogens with zero attached hydrogens (tertiary/aromatic N) is 4. The number of esters is 1. The molecule has 2 aromatic carbocycles. The van der Waals surface area contributed by atoms with Gasteiger partial charge in [-0.2, -0.15) is 0 Å². The summed E-state index contributed by atoms with van der Waals surface area (Å²) in [4.78, 5) is 66.6. The molecule has 64 heavy (non-hydrogen) atoms. The van der Waals surface area contributed by atoms with Crippen LogP contribution in [-0.2, 0) is 47.6 Å². The van der Waals surface area contributed by atoms with E-state index in [-0.39, 0.29) is 59.3 Å². The monoisotopic (exact) mass is 908 g/mol. The lowest BCUT2D eigenvalue weighted by Gasteiger charge is -2.41. The molecule has 2 aromatic heterocycles. The first-order valence-electron chi connectivity index (χ1n) is 22.9. The molecule has 16 heteroatoms. The van der Waals surface area contributed by atoms with Crippen molar-refractivity contribution in [2.45, 2.75) is 110 Å². The van der Waals surface area contributed by atoms with Crippen LogP contribution in [0.4, 0.5) is 4.79 Å². The van der Waals surface area contributed by atoms with Crippen molar-refractivity contribution in [3.63, 3.8) is 0 Å². The fourth-order valence-corrected chi connectivity index (χ4v) is 14.4. The second-order valence-corrected chi connectivity index (χ2v) is 23.6. The summed E-state index contributed by atoms with van der Waals surface area (Å²) in [6.45, 7) is 14.0. The lowest BCUT2D eigenvalue weighted by atomic mass is 9.73. The Morgan fingerprint density at radius 3 is 2.61 bits per heavy atom. The van der Waals surface area contributed by atoms with Gasteiger partial charge in [0.05, 0.1) is 36.2 Å². The zero-order valence-electron chi connectivity index (χ0n) is 38.5. The molecular formula is C48H64N6O8Si2. The minimum atomic E-state index is -2.99. The molecule has 0 spiro atoms.